The van der Waals surface area contributed by atoms with Crippen molar-refractivity contribution in [3.63, 3.8) is 0 Å². The third-order valence-electron chi connectivity index (χ3n) is 6.05. The second kappa shape index (κ2) is 9.27. The first-order valence-electron chi connectivity index (χ1n) is 10.7. The van der Waals surface area contributed by atoms with Crippen LogP contribution in [-0.4, -0.2) is 41.6 Å². The number of ether oxygens (including phenoxy) is 1. The molecular weight excluding hydrogens is 384 g/mol. The Bertz CT molecular complexity index is 838. The molecule has 1 atom stereocenters. The Morgan fingerprint density at radius 2 is 1.90 bits per heavy atom. The summed E-state index contributed by atoms with van der Waals surface area (Å²) in [6.45, 7) is 4.50. The highest BCUT2D eigenvalue weighted by Crippen LogP contribution is 2.29. The molecule has 1 aromatic heterocycles. The van der Waals surface area contributed by atoms with Gasteiger partial charge in [0.1, 0.15) is 0 Å². The number of rotatable bonds is 5. The van der Waals surface area contributed by atoms with Crippen LogP contribution in [0.25, 0.3) is 0 Å². The van der Waals surface area contributed by atoms with Crippen LogP contribution in [0.4, 0.5) is 0 Å². The maximum absolute atomic E-state index is 12.6. The zero-order valence-electron chi connectivity index (χ0n) is 17.1. The van der Waals surface area contributed by atoms with Gasteiger partial charge >= 0.3 is 0 Å². The highest BCUT2D eigenvalue weighted by molar-refractivity contribution is 6.30. The fraction of sp³-hybridized carbons (Fsp3) is 0.500. The van der Waals surface area contributed by atoms with Gasteiger partial charge in [-0.05, 0) is 74.4 Å². The number of likely N-dealkylation sites (tertiary alicyclic amines) is 1. The predicted molar refractivity (Wildman–Crippen MR) is 115 cm³/mol. The van der Waals surface area contributed by atoms with E-state index in [-0.39, 0.29) is 12.0 Å². The number of benzene rings is 1. The summed E-state index contributed by atoms with van der Waals surface area (Å²) in [4.78, 5) is 19.4. The summed E-state index contributed by atoms with van der Waals surface area (Å²) in [5.74, 6) is 0.668. The predicted octanol–water partition coefficient (Wildman–Crippen LogP) is 4.91. The lowest BCUT2D eigenvalue weighted by Gasteiger charge is -2.32. The molecule has 2 saturated heterocycles. The lowest BCUT2D eigenvalue weighted by atomic mass is 9.91. The molecule has 154 valence electrons. The topological polar surface area (TPSA) is 42.4 Å². The summed E-state index contributed by atoms with van der Waals surface area (Å²) in [5.41, 5.74) is 4.76. The summed E-state index contributed by atoms with van der Waals surface area (Å²) in [5, 5.41) is 0.765. The van der Waals surface area contributed by atoms with Crippen molar-refractivity contribution in [2.75, 3.05) is 19.7 Å². The lowest BCUT2D eigenvalue weighted by Crippen LogP contribution is -2.39. The van der Waals surface area contributed by atoms with Gasteiger partial charge in [0.2, 0.25) is 5.91 Å². The van der Waals surface area contributed by atoms with Crippen molar-refractivity contribution in [2.45, 2.75) is 57.5 Å². The number of hydrogen-bond acceptors (Lipinski definition) is 3. The van der Waals surface area contributed by atoms with Crippen LogP contribution in [-0.2, 0) is 16.0 Å². The van der Waals surface area contributed by atoms with Crippen LogP contribution >= 0.6 is 11.6 Å². The molecule has 0 unspecified atom stereocenters. The summed E-state index contributed by atoms with van der Waals surface area (Å²) in [6, 6.07) is 12.4. The molecule has 0 aliphatic carbocycles. The monoisotopic (exact) mass is 412 g/mol. The zero-order valence-corrected chi connectivity index (χ0v) is 17.8. The Morgan fingerprint density at radius 1 is 1.14 bits per heavy atom. The summed E-state index contributed by atoms with van der Waals surface area (Å²) < 4.78 is 5.62. The number of pyridine rings is 1. The first-order chi connectivity index (χ1) is 14.1. The maximum Gasteiger partial charge on any atom is 0.225 e. The molecule has 3 heterocycles. The Labute approximate surface area is 178 Å². The van der Waals surface area contributed by atoms with E-state index >= 15 is 0 Å². The molecule has 29 heavy (non-hydrogen) atoms. The molecule has 2 aromatic rings. The highest BCUT2D eigenvalue weighted by Gasteiger charge is 2.27. The molecule has 2 fully saturated rings. The maximum atomic E-state index is 12.6. The van der Waals surface area contributed by atoms with Gasteiger partial charge in [-0.3, -0.25) is 9.78 Å². The molecule has 4 nitrogen and oxygen atoms in total. The second-order valence-corrected chi connectivity index (χ2v) is 8.78. The number of aromatic nitrogens is 1. The first-order valence-corrected chi connectivity index (χ1v) is 11.1. The summed E-state index contributed by atoms with van der Waals surface area (Å²) >= 11 is 6.00. The van der Waals surface area contributed by atoms with Crippen molar-refractivity contribution in [1.29, 1.82) is 0 Å². The minimum Gasteiger partial charge on any atom is -0.378 e. The molecule has 0 bridgehead atoms. The molecule has 0 spiro atoms. The molecular formula is C24H29ClN2O2. The zero-order chi connectivity index (χ0) is 20.2. The minimum absolute atomic E-state index is 0.133. The number of carbonyl (C=O) groups is 1. The first kappa shape index (κ1) is 20.4. The van der Waals surface area contributed by atoms with E-state index in [0.29, 0.717) is 12.3 Å². The Morgan fingerprint density at radius 3 is 2.59 bits per heavy atom. The van der Waals surface area contributed by atoms with Crippen molar-refractivity contribution >= 4 is 17.5 Å². The molecule has 0 saturated carbocycles. The smallest absolute Gasteiger partial charge is 0.225 e. The lowest BCUT2D eigenvalue weighted by molar-refractivity contribution is -0.134. The van der Waals surface area contributed by atoms with Gasteiger partial charge in [-0.25, -0.2) is 0 Å². The van der Waals surface area contributed by atoms with Crippen molar-refractivity contribution in [1.82, 2.24) is 9.88 Å². The number of piperidine rings is 1. The van der Waals surface area contributed by atoms with Gasteiger partial charge in [-0.15, -0.1) is 0 Å². The van der Waals surface area contributed by atoms with E-state index in [9.17, 15) is 4.79 Å². The van der Waals surface area contributed by atoms with E-state index in [2.05, 4.69) is 31.2 Å². The fourth-order valence-electron chi connectivity index (χ4n) is 4.47. The van der Waals surface area contributed by atoms with Gasteiger partial charge < -0.3 is 9.64 Å². The minimum atomic E-state index is 0.133. The average molecular weight is 413 g/mol. The van der Waals surface area contributed by atoms with Crippen molar-refractivity contribution in [3.05, 3.63) is 63.9 Å². The van der Waals surface area contributed by atoms with E-state index in [1.54, 1.807) is 0 Å². The van der Waals surface area contributed by atoms with E-state index in [1.165, 1.54) is 16.8 Å². The van der Waals surface area contributed by atoms with Crippen LogP contribution in [0.1, 0.15) is 60.5 Å². The highest BCUT2D eigenvalue weighted by atomic mass is 35.5. The second-order valence-electron chi connectivity index (χ2n) is 8.34. The summed E-state index contributed by atoms with van der Waals surface area (Å²) in [6.07, 6.45) is 5.62. The molecule has 0 N–H and O–H groups in total. The number of carbonyl (C=O) groups excluding carboxylic acids is 1. The summed E-state index contributed by atoms with van der Waals surface area (Å²) in [7, 11) is 0. The van der Waals surface area contributed by atoms with Gasteiger partial charge in [0.15, 0.2) is 0 Å². The fourth-order valence-corrected chi connectivity index (χ4v) is 4.60. The van der Waals surface area contributed by atoms with Crippen LogP contribution in [0.2, 0.25) is 5.02 Å². The van der Waals surface area contributed by atoms with E-state index in [4.69, 9.17) is 21.3 Å². The Kier molecular flexibility index (Phi) is 6.51. The third kappa shape index (κ3) is 5.37. The van der Waals surface area contributed by atoms with E-state index in [0.717, 1.165) is 62.5 Å². The van der Waals surface area contributed by atoms with Crippen LogP contribution in [0, 0.1) is 6.92 Å². The van der Waals surface area contributed by atoms with Crippen LogP contribution in [0.3, 0.4) is 0 Å². The van der Waals surface area contributed by atoms with Crippen molar-refractivity contribution < 1.29 is 9.53 Å². The van der Waals surface area contributed by atoms with Gasteiger partial charge in [-0.2, -0.15) is 0 Å². The largest absolute Gasteiger partial charge is 0.378 e. The molecule has 1 amide bonds. The number of nitrogens with zero attached hydrogens (tertiary/aromatic N) is 2. The van der Waals surface area contributed by atoms with Crippen LogP contribution < -0.4 is 0 Å². The van der Waals surface area contributed by atoms with Crippen LogP contribution in [0.5, 0.6) is 0 Å². The van der Waals surface area contributed by atoms with Gasteiger partial charge in [0, 0.05) is 42.0 Å². The molecule has 4 rings (SSSR count). The molecule has 1 aromatic carbocycles. The molecule has 2 aliphatic rings. The molecule has 2 aliphatic heterocycles. The van der Waals surface area contributed by atoms with Crippen LogP contribution in [0.15, 0.2) is 36.4 Å². The SMILES string of the molecule is Cc1cc(Cc2ccc(Cl)cc2)cc(C2CCN(C(=O)C[C@@H]3CCCO3)CC2)n1. The van der Waals surface area contributed by atoms with Gasteiger partial charge in [0.05, 0.1) is 12.5 Å². The quantitative estimate of drug-likeness (QED) is 0.700. The van der Waals surface area contributed by atoms with E-state index in [1.807, 2.05) is 17.0 Å². The van der Waals surface area contributed by atoms with Crippen molar-refractivity contribution in [2.24, 2.45) is 0 Å². The average Bonchev–Trinajstić information content (AvgIpc) is 3.22. The van der Waals surface area contributed by atoms with E-state index < -0.39 is 0 Å². The van der Waals surface area contributed by atoms with Gasteiger partial charge in [0.25, 0.3) is 0 Å². The number of hydrogen-bond donors (Lipinski definition) is 0. The normalized spacial score (nSPS) is 20.2. The molecule has 0 radical (unpaired) electrons. The number of amides is 1. The number of aryl methyl sites for hydroxylation is 1. The standard InChI is InChI=1S/C24H29ClN2O2/c1-17-13-19(14-18-4-6-21(25)7-5-18)15-23(26-17)20-8-10-27(11-9-20)24(28)16-22-3-2-12-29-22/h4-7,13,15,20,22H,2-3,8-12,14,16H2,1H3/t22-/m0/s1. The molecule has 5 heteroatoms. The third-order valence-corrected chi connectivity index (χ3v) is 6.30. The number of halogens is 1. The Hall–Kier alpha value is -1.91. The van der Waals surface area contributed by atoms with Crippen molar-refractivity contribution in [3.8, 4) is 0 Å². The van der Waals surface area contributed by atoms with Gasteiger partial charge in [-0.1, -0.05) is 23.7 Å². The Balaban J connectivity index is 1.37.